The van der Waals surface area contributed by atoms with Gasteiger partial charge in [-0.3, -0.25) is 9.59 Å². The molecule has 0 bridgehead atoms. The lowest BCUT2D eigenvalue weighted by atomic mass is 10.0. The number of hydrogen-bond acceptors (Lipinski definition) is 4. The van der Waals surface area contributed by atoms with Gasteiger partial charge >= 0.3 is 6.18 Å². The fourth-order valence-corrected chi connectivity index (χ4v) is 5.66. The van der Waals surface area contributed by atoms with Crippen LogP contribution in [0.15, 0.2) is 47.5 Å². The fourth-order valence-electron chi connectivity index (χ4n) is 3.98. The molecule has 12 heteroatoms. The van der Waals surface area contributed by atoms with Gasteiger partial charge in [0.25, 0.3) is 0 Å². The first-order valence-electron chi connectivity index (χ1n) is 10.7. The number of amides is 2. The van der Waals surface area contributed by atoms with E-state index in [0.717, 1.165) is 28.2 Å². The zero-order valence-electron chi connectivity index (χ0n) is 18.8. The number of aromatic nitrogens is 1. The van der Waals surface area contributed by atoms with Crippen molar-refractivity contribution < 1.29 is 31.2 Å². The van der Waals surface area contributed by atoms with Crippen LogP contribution < -0.4 is 10.6 Å². The zero-order valence-corrected chi connectivity index (χ0v) is 19.6. The monoisotopic (exact) mass is 500 g/mol. The quantitative estimate of drug-likeness (QED) is 0.608. The van der Waals surface area contributed by atoms with E-state index in [2.05, 4.69) is 10.6 Å². The summed E-state index contributed by atoms with van der Waals surface area (Å²) in [6.07, 6.45) is -2.24. The minimum atomic E-state index is -4.80. The number of piperidine rings is 1. The number of hydrogen-bond donors (Lipinski definition) is 2. The molecule has 2 N–H and O–H groups in total. The number of nitrogens with one attached hydrogen (secondary N) is 2. The van der Waals surface area contributed by atoms with Crippen LogP contribution in [0.3, 0.4) is 0 Å². The van der Waals surface area contributed by atoms with Crippen LogP contribution in [0.5, 0.6) is 0 Å². The topological polar surface area (TPSA) is 101 Å². The number of halogens is 3. The smallest absolute Gasteiger partial charge is 0.354 e. The summed E-state index contributed by atoms with van der Waals surface area (Å²) >= 11 is 0. The number of aryl methyl sites for hydroxylation is 1. The van der Waals surface area contributed by atoms with Crippen molar-refractivity contribution in [2.45, 2.75) is 49.3 Å². The molecule has 1 aliphatic rings. The van der Waals surface area contributed by atoms with Gasteiger partial charge in [-0.25, -0.2) is 8.42 Å². The maximum absolute atomic E-state index is 13.3. The summed E-state index contributed by atoms with van der Waals surface area (Å²) < 4.78 is 68.6. The van der Waals surface area contributed by atoms with Gasteiger partial charge in [0, 0.05) is 51.4 Å². The molecule has 0 spiro atoms. The molecule has 34 heavy (non-hydrogen) atoms. The van der Waals surface area contributed by atoms with Crippen LogP contribution in [0.4, 0.5) is 13.2 Å². The minimum Gasteiger partial charge on any atom is -0.354 e. The van der Waals surface area contributed by atoms with Gasteiger partial charge in [0.15, 0.2) is 0 Å². The Morgan fingerprint density at radius 2 is 1.76 bits per heavy atom. The molecule has 2 aromatic rings. The number of sulfonamides is 1. The Hall–Kier alpha value is -2.86. The third kappa shape index (κ3) is 5.98. The highest BCUT2D eigenvalue weighted by Crippen LogP contribution is 2.35. The van der Waals surface area contributed by atoms with Gasteiger partial charge in [0.2, 0.25) is 21.8 Å². The van der Waals surface area contributed by atoms with Crippen molar-refractivity contribution in [1.29, 1.82) is 0 Å². The normalized spacial score (nSPS) is 16.7. The molecule has 0 aliphatic carbocycles. The highest BCUT2D eigenvalue weighted by Gasteiger charge is 2.40. The molecular weight excluding hydrogens is 473 g/mol. The van der Waals surface area contributed by atoms with E-state index >= 15 is 0 Å². The summed E-state index contributed by atoms with van der Waals surface area (Å²) in [5.41, 5.74) is -0.359. The lowest BCUT2D eigenvalue weighted by Gasteiger charge is -2.33. The average molecular weight is 501 g/mol. The van der Waals surface area contributed by atoms with Gasteiger partial charge in [-0.15, -0.1) is 0 Å². The average Bonchev–Trinajstić information content (AvgIpc) is 3.17. The predicted molar refractivity (Wildman–Crippen MR) is 118 cm³/mol. The maximum Gasteiger partial charge on any atom is 0.417 e. The highest BCUT2D eigenvalue weighted by atomic mass is 32.2. The summed E-state index contributed by atoms with van der Waals surface area (Å²) in [6, 6.07) is 6.57. The van der Waals surface area contributed by atoms with E-state index in [0.29, 0.717) is 0 Å². The first-order chi connectivity index (χ1) is 15.9. The van der Waals surface area contributed by atoms with Crippen molar-refractivity contribution in [3.63, 3.8) is 0 Å². The van der Waals surface area contributed by atoms with Crippen molar-refractivity contribution >= 4 is 21.8 Å². The molecule has 186 valence electrons. The second kappa shape index (κ2) is 10.2. The third-order valence-corrected chi connectivity index (χ3v) is 7.73. The van der Waals surface area contributed by atoms with Crippen LogP contribution in [-0.4, -0.2) is 54.3 Å². The van der Waals surface area contributed by atoms with E-state index in [1.165, 1.54) is 13.0 Å². The molecular formula is C22H27F3N4O4S. The number of carbonyl (C=O) groups is 2. The second-order valence-electron chi connectivity index (χ2n) is 8.25. The Bertz CT molecular complexity index is 1140. The Labute approximate surface area is 196 Å². The summed E-state index contributed by atoms with van der Waals surface area (Å²) in [6.45, 7) is 1.23. The SMILES string of the molecule is CC(=O)N[C@H](Cc1cccn1C)C(=O)NC1CCN(S(=O)(=O)c2ccccc2C(F)(F)F)CC1. The van der Waals surface area contributed by atoms with Gasteiger partial charge in [-0.2, -0.15) is 17.5 Å². The summed E-state index contributed by atoms with van der Waals surface area (Å²) in [5.74, 6) is -0.765. The second-order valence-corrected chi connectivity index (χ2v) is 10.2. The van der Waals surface area contributed by atoms with Crippen molar-refractivity contribution in [3.05, 3.63) is 53.9 Å². The number of nitrogens with zero attached hydrogens (tertiary/aromatic N) is 2. The molecule has 8 nitrogen and oxygen atoms in total. The largest absolute Gasteiger partial charge is 0.417 e. The first kappa shape index (κ1) is 25.8. The molecule has 0 radical (unpaired) electrons. The zero-order chi connectivity index (χ0) is 25.1. The Morgan fingerprint density at radius 1 is 1.12 bits per heavy atom. The molecule has 2 amide bonds. The van der Waals surface area contributed by atoms with Crippen molar-refractivity contribution in [1.82, 2.24) is 19.5 Å². The van der Waals surface area contributed by atoms with Crippen LogP contribution in [0.25, 0.3) is 0 Å². The Kier molecular flexibility index (Phi) is 7.71. The molecule has 1 aliphatic heterocycles. The van der Waals surface area contributed by atoms with E-state index in [1.54, 1.807) is 0 Å². The van der Waals surface area contributed by atoms with Gasteiger partial charge in [0.05, 0.1) is 10.5 Å². The number of rotatable bonds is 7. The minimum absolute atomic E-state index is 0.0396. The van der Waals surface area contributed by atoms with Gasteiger partial charge in [-0.05, 0) is 37.1 Å². The number of alkyl halides is 3. The van der Waals surface area contributed by atoms with Crippen molar-refractivity contribution in [2.75, 3.05) is 13.1 Å². The molecule has 2 heterocycles. The third-order valence-electron chi connectivity index (χ3n) is 5.77. The lowest BCUT2D eigenvalue weighted by Crippen LogP contribution is -2.53. The number of benzene rings is 1. The molecule has 0 saturated carbocycles. The molecule has 0 unspecified atom stereocenters. The van der Waals surface area contributed by atoms with E-state index < -0.39 is 38.6 Å². The van der Waals surface area contributed by atoms with Crippen LogP contribution in [-0.2, 0) is 39.3 Å². The summed E-state index contributed by atoms with van der Waals surface area (Å²) in [5, 5.41) is 5.47. The maximum atomic E-state index is 13.3. The molecule has 1 atom stereocenters. The van der Waals surface area contributed by atoms with Gasteiger partial charge in [-0.1, -0.05) is 12.1 Å². The van der Waals surface area contributed by atoms with Crippen molar-refractivity contribution in [3.8, 4) is 0 Å². The van der Waals surface area contributed by atoms with Crippen LogP contribution in [0, 0.1) is 0 Å². The van der Waals surface area contributed by atoms with E-state index in [1.807, 2.05) is 29.9 Å². The molecule has 1 aromatic heterocycles. The van der Waals surface area contributed by atoms with E-state index in [9.17, 15) is 31.2 Å². The predicted octanol–water partition coefficient (Wildman–Crippen LogP) is 2.06. The van der Waals surface area contributed by atoms with Crippen LogP contribution in [0.2, 0.25) is 0 Å². The van der Waals surface area contributed by atoms with E-state index in [-0.39, 0.29) is 44.3 Å². The Balaban J connectivity index is 1.65. The molecule has 1 fully saturated rings. The van der Waals surface area contributed by atoms with Gasteiger partial charge in [0.1, 0.15) is 6.04 Å². The fraction of sp³-hybridized carbons (Fsp3) is 0.455. The van der Waals surface area contributed by atoms with Crippen LogP contribution >= 0.6 is 0 Å². The van der Waals surface area contributed by atoms with Gasteiger partial charge < -0.3 is 15.2 Å². The molecule has 1 saturated heterocycles. The summed E-state index contributed by atoms with van der Waals surface area (Å²) in [4.78, 5) is 23.7. The Morgan fingerprint density at radius 3 is 2.32 bits per heavy atom. The van der Waals surface area contributed by atoms with Crippen molar-refractivity contribution in [2.24, 2.45) is 7.05 Å². The standard InChI is InChI=1S/C22H27F3N4O4S/c1-15(30)26-19(14-17-6-5-11-28(17)2)21(31)27-16-9-12-29(13-10-16)34(32,33)20-8-4-3-7-18(20)22(23,24)25/h3-8,11,16,19H,9-10,12-14H2,1-2H3,(H,26,30)(H,27,31)/t19-/m1/s1. The molecule has 3 rings (SSSR count). The lowest BCUT2D eigenvalue weighted by molar-refractivity contribution is -0.140. The number of carbonyl (C=O) groups excluding carboxylic acids is 2. The molecule has 1 aromatic carbocycles. The highest BCUT2D eigenvalue weighted by molar-refractivity contribution is 7.89. The van der Waals surface area contributed by atoms with Crippen LogP contribution in [0.1, 0.15) is 31.0 Å². The van der Waals surface area contributed by atoms with E-state index in [4.69, 9.17) is 0 Å². The summed E-state index contributed by atoms with van der Waals surface area (Å²) in [7, 11) is -2.53. The first-order valence-corrected chi connectivity index (χ1v) is 12.2.